The minimum Gasteiger partial charge on any atom is -0.481 e. The van der Waals surface area contributed by atoms with Gasteiger partial charge >= 0.3 is 11.9 Å². The van der Waals surface area contributed by atoms with Crippen molar-refractivity contribution >= 4 is 11.9 Å². The molecule has 1 aliphatic rings. The summed E-state index contributed by atoms with van der Waals surface area (Å²) >= 11 is 0. The first-order chi connectivity index (χ1) is 10.4. The fourth-order valence-corrected chi connectivity index (χ4v) is 3.47. The van der Waals surface area contributed by atoms with Crippen molar-refractivity contribution in [1.82, 2.24) is 0 Å². The Hall–Kier alpha value is -1.84. The molecule has 0 unspecified atom stereocenters. The van der Waals surface area contributed by atoms with E-state index < -0.39 is 11.4 Å². The SMILES string of the molecule is CCOC(=O)C[C@H]1C[C@@](C(=O)O)(c2ccccc2C(C)C)C1. The van der Waals surface area contributed by atoms with Crippen molar-refractivity contribution in [3.8, 4) is 0 Å². The van der Waals surface area contributed by atoms with Gasteiger partial charge in [0, 0.05) is 6.42 Å². The lowest BCUT2D eigenvalue weighted by Gasteiger charge is -2.45. The van der Waals surface area contributed by atoms with E-state index in [4.69, 9.17) is 4.74 Å². The van der Waals surface area contributed by atoms with Crippen molar-refractivity contribution in [2.24, 2.45) is 5.92 Å². The molecule has 0 atom stereocenters. The zero-order chi connectivity index (χ0) is 16.3. The lowest BCUT2D eigenvalue weighted by molar-refractivity contribution is -0.154. The summed E-state index contributed by atoms with van der Waals surface area (Å²) in [6.07, 6.45) is 1.32. The average Bonchev–Trinajstić information content (AvgIpc) is 2.42. The van der Waals surface area contributed by atoms with E-state index in [1.807, 2.05) is 24.3 Å². The Morgan fingerprint density at radius 1 is 1.32 bits per heavy atom. The molecule has 0 amide bonds. The van der Waals surface area contributed by atoms with E-state index in [9.17, 15) is 14.7 Å². The summed E-state index contributed by atoms with van der Waals surface area (Å²) in [5, 5.41) is 9.78. The number of aliphatic carboxylic acids is 1. The van der Waals surface area contributed by atoms with Crippen LogP contribution in [0.25, 0.3) is 0 Å². The van der Waals surface area contributed by atoms with Crippen LogP contribution in [-0.4, -0.2) is 23.7 Å². The summed E-state index contributed by atoms with van der Waals surface area (Å²) in [5.41, 5.74) is 1.13. The molecule has 2 rings (SSSR count). The zero-order valence-electron chi connectivity index (χ0n) is 13.5. The number of rotatable bonds is 6. The Kier molecular flexibility index (Phi) is 4.89. The number of carboxylic acid groups (broad SMARTS) is 1. The van der Waals surface area contributed by atoms with Gasteiger partial charge in [-0.1, -0.05) is 38.1 Å². The molecule has 120 valence electrons. The number of hydrogen-bond acceptors (Lipinski definition) is 3. The van der Waals surface area contributed by atoms with Crippen LogP contribution in [0.15, 0.2) is 24.3 Å². The van der Waals surface area contributed by atoms with Crippen LogP contribution in [0.5, 0.6) is 0 Å². The topological polar surface area (TPSA) is 63.6 Å². The second-order valence-electron chi connectivity index (χ2n) is 6.41. The molecule has 1 aliphatic carbocycles. The summed E-state index contributed by atoms with van der Waals surface area (Å²) < 4.78 is 4.96. The summed E-state index contributed by atoms with van der Waals surface area (Å²) in [5.74, 6) is -0.656. The quantitative estimate of drug-likeness (QED) is 0.817. The molecule has 0 aromatic heterocycles. The van der Waals surface area contributed by atoms with Crippen LogP contribution < -0.4 is 0 Å². The van der Waals surface area contributed by atoms with Gasteiger partial charge in [-0.25, -0.2) is 0 Å². The summed E-state index contributed by atoms with van der Waals surface area (Å²) in [7, 11) is 0. The molecule has 4 nitrogen and oxygen atoms in total. The minimum atomic E-state index is -0.849. The van der Waals surface area contributed by atoms with Gasteiger partial charge in [0.25, 0.3) is 0 Å². The van der Waals surface area contributed by atoms with Crippen LogP contribution in [0.1, 0.15) is 57.1 Å². The molecular weight excluding hydrogens is 280 g/mol. The molecule has 1 N–H and O–H groups in total. The molecule has 0 aliphatic heterocycles. The highest BCUT2D eigenvalue weighted by Gasteiger charge is 2.53. The van der Waals surface area contributed by atoms with E-state index in [0.717, 1.165) is 11.1 Å². The Labute approximate surface area is 131 Å². The lowest BCUT2D eigenvalue weighted by atomic mass is 9.56. The molecule has 1 aromatic carbocycles. The van der Waals surface area contributed by atoms with E-state index in [0.29, 0.717) is 25.9 Å². The average molecular weight is 304 g/mol. The first-order valence-corrected chi connectivity index (χ1v) is 7.89. The van der Waals surface area contributed by atoms with Crippen LogP contribution >= 0.6 is 0 Å². The highest BCUT2D eigenvalue weighted by Crippen LogP contribution is 2.51. The Bertz CT molecular complexity index is 556. The number of esters is 1. The molecule has 4 heteroatoms. The smallest absolute Gasteiger partial charge is 0.314 e. The summed E-state index contributed by atoms with van der Waals surface area (Å²) in [4.78, 5) is 23.5. The fourth-order valence-electron chi connectivity index (χ4n) is 3.47. The third-order valence-corrected chi connectivity index (χ3v) is 4.54. The van der Waals surface area contributed by atoms with Crippen LogP contribution in [-0.2, 0) is 19.7 Å². The second-order valence-corrected chi connectivity index (χ2v) is 6.41. The monoisotopic (exact) mass is 304 g/mol. The normalized spacial score (nSPS) is 23.9. The molecular formula is C18H24O4. The van der Waals surface area contributed by atoms with Gasteiger partial charge in [0.05, 0.1) is 12.0 Å². The molecule has 1 fully saturated rings. The van der Waals surface area contributed by atoms with E-state index >= 15 is 0 Å². The van der Waals surface area contributed by atoms with Gasteiger partial charge in [-0.3, -0.25) is 9.59 Å². The molecule has 22 heavy (non-hydrogen) atoms. The Balaban J connectivity index is 2.20. The Morgan fingerprint density at radius 3 is 2.50 bits per heavy atom. The maximum atomic E-state index is 11.9. The van der Waals surface area contributed by atoms with Gasteiger partial charge in [-0.15, -0.1) is 0 Å². The Morgan fingerprint density at radius 2 is 1.95 bits per heavy atom. The van der Waals surface area contributed by atoms with Crippen LogP contribution in [0.2, 0.25) is 0 Å². The van der Waals surface area contributed by atoms with E-state index in [1.54, 1.807) is 6.92 Å². The number of carbonyl (C=O) groups excluding carboxylic acids is 1. The number of ether oxygens (including phenoxy) is 1. The number of carboxylic acids is 1. The van der Waals surface area contributed by atoms with Crippen molar-refractivity contribution in [3.05, 3.63) is 35.4 Å². The molecule has 0 spiro atoms. The van der Waals surface area contributed by atoms with Gasteiger partial charge in [0.2, 0.25) is 0 Å². The van der Waals surface area contributed by atoms with Crippen LogP contribution in [0.3, 0.4) is 0 Å². The molecule has 1 aromatic rings. The van der Waals surface area contributed by atoms with E-state index in [1.165, 1.54) is 0 Å². The van der Waals surface area contributed by atoms with Crippen molar-refractivity contribution < 1.29 is 19.4 Å². The van der Waals surface area contributed by atoms with Crippen LogP contribution in [0.4, 0.5) is 0 Å². The third-order valence-electron chi connectivity index (χ3n) is 4.54. The number of hydrogen-bond donors (Lipinski definition) is 1. The van der Waals surface area contributed by atoms with Gasteiger partial charge in [0.1, 0.15) is 0 Å². The van der Waals surface area contributed by atoms with Gasteiger partial charge < -0.3 is 9.84 Å². The molecule has 0 bridgehead atoms. The number of benzene rings is 1. The largest absolute Gasteiger partial charge is 0.481 e. The highest BCUT2D eigenvalue weighted by atomic mass is 16.5. The van der Waals surface area contributed by atoms with Gasteiger partial charge in [0.15, 0.2) is 0 Å². The van der Waals surface area contributed by atoms with Gasteiger partial charge in [-0.2, -0.15) is 0 Å². The summed E-state index contributed by atoms with van der Waals surface area (Å²) in [6, 6.07) is 7.77. The fraction of sp³-hybridized carbons (Fsp3) is 0.556. The standard InChI is InChI=1S/C18H24O4/c1-4-22-16(19)9-13-10-18(11-13,17(20)21)15-8-6-5-7-14(15)12(2)3/h5-8,12-13H,4,9-11H2,1-3H3,(H,20,21)/t13-,18-. The lowest BCUT2D eigenvalue weighted by Crippen LogP contribution is -2.49. The number of carbonyl (C=O) groups is 2. The predicted octanol–water partition coefficient (Wildman–Crippen LogP) is 3.50. The maximum absolute atomic E-state index is 11.9. The third kappa shape index (κ3) is 3.01. The van der Waals surface area contributed by atoms with Crippen molar-refractivity contribution in [2.75, 3.05) is 6.61 Å². The minimum absolute atomic E-state index is 0.0929. The van der Waals surface area contributed by atoms with Crippen molar-refractivity contribution in [1.29, 1.82) is 0 Å². The van der Waals surface area contributed by atoms with Crippen LogP contribution in [0, 0.1) is 5.92 Å². The van der Waals surface area contributed by atoms with Crippen molar-refractivity contribution in [2.45, 2.75) is 51.4 Å². The zero-order valence-corrected chi connectivity index (χ0v) is 13.5. The first-order valence-electron chi connectivity index (χ1n) is 7.89. The predicted molar refractivity (Wildman–Crippen MR) is 83.8 cm³/mol. The molecule has 0 radical (unpaired) electrons. The van der Waals surface area contributed by atoms with E-state index in [-0.39, 0.29) is 17.8 Å². The molecule has 1 saturated carbocycles. The first kappa shape index (κ1) is 16.5. The van der Waals surface area contributed by atoms with E-state index in [2.05, 4.69) is 13.8 Å². The van der Waals surface area contributed by atoms with Crippen molar-refractivity contribution in [3.63, 3.8) is 0 Å². The molecule has 0 heterocycles. The van der Waals surface area contributed by atoms with Gasteiger partial charge in [-0.05, 0) is 42.7 Å². The summed E-state index contributed by atoms with van der Waals surface area (Å²) in [6.45, 7) is 6.29. The molecule has 0 saturated heterocycles. The second kappa shape index (κ2) is 6.51. The highest BCUT2D eigenvalue weighted by molar-refractivity contribution is 5.84. The maximum Gasteiger partial charge on any atom is 0.314 e.